The predicted octanol–water partition coefficient (Wildman–Crippen LogP) is 3.51. The molecule has 1 amide bonds. The van der Waals surface area contributed by atoms with Gasteiger partial charge < -0.3 is 47.9 Å². The van der Waals surface area contributed by atoms with Gasteiger partial charge in [0.1, 0.15) is 0 Å². The zero-order valence-electron chi connectivity index (χ0n) is 28.3. The molecule has 0 saturated carbocycles. The highest BCUT2D eigenvalue weighted by Crippen LogP contribution is 2.55. The summed E-state index contributed by atoms with van der Waals surface area (Å²) in [7, 11) is 9.21. The van der Waals surface area contributed by atoms with E-state index in [1.54, 1.807) is 18.3 Å². The fourth-order valence-electron chi connectivity index (χ4n) is 7.14. The Morgan fingerprint density at radius 2 is 1.38 bits per heavy atom. The van der Waals surface area contributed by atoms with Gasteiger partial charge in [-0.05, 0) is 58.7 Å². The van der Waals surface area contributed by atoms with Crippen LogP contribution in [-0.2, 0) is 16.1 Å². The minimum absolute atomic E-state index is 0.0497. The number of fused-ring (bicyclic) bond motifs is 3. The van der Waals surface area contributed by atoms with Crippen molar-refractivity contribution < 1.29 is 52.2 Å². The maximum absolute atomic E-state index is 13.9. The van der Waals surface area contributed by atoms with E-state index in [9.17, 15) is 9.59 Å². The molecule has 0 bridgehead atoms. The van der Waals surface area contributed by atoms with Crippen LogP contribution in [0.15, 0.2) is 42.6 Å². The van der Waals surface area contributed by atoms with Gasteiger partial charge in [-0.2, -0.15) is 0 Å². The summed E-state index contributed by atoms with van der Waals surface area (Å²) < 4.78 is 51.9. The van der Waals surface area contributed by atoms with Gasteiger partial charge in [0.2, 0.25) is 18.3 Å². The molecule has 262 valence electrons. The maximum atomic E-state index is 13.9. The Bertz CT molecular complexity index is 1910. The van der Waals surface area contributed by atoms with Crippen molar-refractivity contribution >= 4 is 11.9 Å². The lowest BCUT2D eigenvalue weighted by Gasteiger charge is -2.39. The Balaban J connectivity index is 1.24. The lowest BCUT2D eigenvalue weighted by Crippen LogP contribution is -2.43. The summed E-state index contributed by atoms with van der Waals surface area (Å²) in [5.41, 5.74) is 3.14. The van der Waals surface area contributed by atoms with Crippen molar-refractivity contribution in [2.24, 2.45) is 11.8 Å². The van der Waals surface area contributed by atoms with E-state index in [-0.39, 0.29) is 31.6 Å². The molecule has 1 aromatic heterocycles. The first-order valence-corrected chi connectivity index (χ1v) is 15.7. The van der Waals surface area contributed by atoms with Crippen LogP contribution in [0.25, 0.3) is 0 Å². The van der Waals surface area contributed by atoms with Crippen molar-refractivity contribution in [2.75, 3.05) is 56.1 Å². The van der Waals surface area contributed by atoms with Crippen molar-refractivity contribution in [3.8, 4) is 46.0 Å². The highest BCUT2D eigenvalue weighted by atomic mass is 16.7. The molecule has 0 radical (unpaired) electrons. The molecular formula is C35H36N4O11. The van der Waals surface area contributed by atoms with Crippen molar-refractivity contribution in [1.82, 2.24) is 20.3 Å². The maximum Gasteiger partial charge on any atom is 0.310 e. The topological polar surface area (TPSA) is 160 Å². The summed E-state index contributed by atoms with van der Waals surface area (Å²) in [4.78, 5) is 27.4. The third-order valence-electron chi connectivity index (χ3n) is 9.36. The first-order valence-electron chi connectivity index (χ1n) is 15.7. The number of carbonyl (C=O) groups excluding carboxylic acids is 2. The second-order valence-corrected chi connectivity index (χ2v) is 11.9. The molecule has 2 aliphatic heterocycles. The monoisotopic (exact) mass is 688 g/mol. The minimum atomic E-state index is -0.660. The number of methoxy groups -OCH3 is 6. The van der Waals surface area contributed by atoms with Crippen LogP contribution >= 0.6 is 0 Å². The second-order valence-electron chi connectivity index (χ2n) is 11.9. The van der Waals surface area contributed by atoms with E-state index in [0.717, 1.165) is 22.3 Å². The van der Waals surface area contributed by atoms with E-state index in [4.69, 9.17) is 42.6 Å². The molecule has 1 N–H and O–H groups in total. The number of carbonyl (C=O) groups is 2. The molecule has 1 aliphatic carbocycles. The number of benzene rings is 3. The average molecular weight is 689 g/mol. The standard InChI is InChI=1S/C35H36N4O11/c1-42-25-7-17(8-26(43-2)32(25)46-5)13-39-14-22(37-38-39)34(40)36-31-20-12-24-23(49-16-50-24)11-19(20)29(30-21(31)15-48-35(30)41)18-9-27(44-3)33(47-6)28(10-18)45-4/h7-12,14,21,29-31H,13,15-16H2,1-6H3,(H,36,40)/t21-,29+,30-,31-/m0/s1. The number of rotatable bonds is 11. The molecule has 4 aromatic rings. The number of cyclic esters (lactones) is 1. The number of hydrogen-bond acceptors (Lipinski definition) is 13. The average Bonchev–Trinajstić information content (AvgIpc) is 3.90. The molecular weight excluding hydrogens is 652 g/mol. The summed E-state index contributed by atoms with van der Waals surface area (Å²) in [6.07, 6.45) is 1.55. The molecule has 1 fully saturated rings. The molecule has 0 unspecified atom stereocenters. The van der Waals surface area contributed by atoms with E-state index in [2.05, 4.69) is 15.6 Å². The molecule has 1 saturated heterocycles. The summed E-state index contributed by atoms with van der Waals surface area (Å²) in [5, 5.41) is 11.5. The summed E-state index contributed by atoms with van der Waals surface area (Å²) in [6.45, 7) is 0.418. The van der Waals surface area contributed by atoms with Crippen molar-refractivity contribution in [3.63, 3.8) is 0 Å². The van der Waals surface area contributed by atoms with Crippen LogP contribution in [0, 0.1) is 11.8 Å². The minimum Gasteiger partial charge on any atom is -0.493 e. The molecule has 3 aliphatic rings. The van der Waals surface area contributed by atoms with E-state index < -0.39 is 29.7 Å². The number of nitrogens with zero attached hydrogens (tertiary/aromatic N) is 3. The van der Waals surface area contributed by atoms with Gasteiger partial charge in [-0.1, -0.05) is 5.21 Å². The van der Waals surface area contributed by atoms with Gasteiger partial charge in [0, 0.05) is 11.8 Å². The van der Waals surface area contributed by atoms with Gasteiger partial charge in [-0.25, -0.2) is 4.68 Å². The third kappa shape index (κ3) is 5.47. The van der Waals surface area contributed by atoms with E-state index in [0.29, 0.717) is 46.0 Å². The van der Waals surface area contributed by atoms with Gasteiger partial charge >= 0.3 is 5.97 Å². The summed E-state index contributed by atoms with van der Waals surface area (Å²) in [6, 6.07) is 10.3. The largest absolute Gasteiger partial charge is 0.493 e. The first kappa shape index (κ1) is 32.7. The van der Waals surface area contributed by atoms with Crippen LogP contribution in [0.4, 0.5) is 0 Å². The predicted molar refractivity (Wildman–Crippen MR) is 174 cm³/mol. The van der Waals surface area contributed by atoms with Crippen LogP contribution in [0.5, 0.6) is 46.0 Å². The van der Waals surface area contributed by atoms with Crippen LogP contribution in [0.2, 0.25) is 0 Å². The van der Waals surface area contributed by atoms with Gasteiger partial charge in [0.15, 0.2) is 40.2 Å². The Morgan fingerprint density at radius 3 is 1.96 bits per heavy atom. The number of ether oxygens (including phenoxy) is 9. The molecule has 0 spiro atoms. The Hall–Kier alpha value is -5.86. The molecule has 3 aromatic carbocycles. The lowest BCUT2D eigenvalue weighted by molar-refractivity contribution is -0.141. The van der Waals surface area contributed by atoms with E-state index in [1.165, 1.54) is 47.3 Å². The van der Waals surface area contributed by atoms with Gasteiger partial charge in [-0.15, -0.1) is 5.10 Å². The van der Waals surface area contributed by atoms with Crippen LogP contribution < -0.4 is 43.2 Å². The van der Waals surface area contributed by atoms with E-state index >= 15 is 0 Å². The SMILES string of the molecule is COc1cc(Cn2cc(C(=O)N[C@H]3c4cc5c(cc4[C@@H](c4cc(OC)c(OC)c(OC)c4)[C@H]4C(=O)OC[C@@H]43)OCO5)nn2)cc(OC)c1OC. The molecule has 3 heterocycles. The Labute approximate surface area is 287 Å². The lowest BCUT2D eigenvalue weighted by atomic mass is 9.65. The normalized spacial score (nSPS) is 19.9. The van der Waals surface area contributed by atoms with Crippen LogP contribution in [-0.4, -0.2) is 82.9 Å². The summed E-state index contributed by atoms with van der Waals surface area (Å²) >= 11 is 0. The quantitative estimate of drug-likeness (QED) is 0.228. The smallest absolute Gasteiger partial charge is 0.310 e. The fraction of sp³-hybridized carbons (Fsp3) is 0.371. The number of amides is 1. The number of esters is 1. The van der Waals surface area contributed by atoms with Crippen molar-refractivity contribution in [3.05, 3.63) is 70.5 Å². The highest BCUT2D eigenvalue weighted by Gasteiger charge is 2.53. The highest BCUT2D eigenvalue weighted by molar-refractivity contribution is 5.92. The molecule has 15 nitrogen and oxygen atoms in total. The number of hydrogen-bond donors (Lipinski definition) is 1. The molecule has 50 heavy (non-hydrogen) atoms. The van der Waals surface area contributed by atoms with E-state index in [1.807, 2.05) is 24.3 Å². The van der Waals surface area contributed by atoms with Crippen molar-refractivity contribution in [1.29, 1.82) is 0 Å². The number of aromatic nitrogens is 3. The van der Waals surface area contributed by atoms with Crippen LogP contribution in [0.3, 0.4) is 0 Å². The van der Waals surface area contributed by atoms with Crippen molar-refractivity contribution in [2.45, 2.75) is 18.5 Å². The van der Waals surface area contributed by atoms with Gasteiger partial charge in [0.25, 0.3) is 5.91 Å². The molecule has 7 rings (SSSR count). The summed E-state index contributed by atoms with van der Waals surface area (Å²) in [5.74, 6) is 1.37. The molecule has 4 atom stereocenters. The molecule has 15 heteroatoms. The van der Waals surface area contributed by atoms with Crippen LogP contribution in [0.1, 0.15) is 44.7 Å². The van der Waals surface area contributed by atoms with Gasteiger partial charge in [0.05, 0.1) is 74.0 Å². The van der Waals surface area contributed by atoms with Gasteiger partial charge in [-0.3, -0.25) is 9.59 Å². The second kappa shape index (κ2) is 13.2. The first-order chi connectivity index (χ1) is 24.3. The fourth-order valence-corrected chi connectivity index (χ4v) is 7.14. The third-order valence-corrected chi connectivity index (χ3v) is 9.36. The Kier molecular flexibility index (Phi) is 8.64. The number of nitrogens with one attached hydrogen (secondary N) is 1. The zero-order chi connectivity index (χ0) is 35.1. The Morgan fingerprint density at radius 1 is 0.800 bits per heavy atom. The zero-order valence-corrected chi connectivity index (χ0v) is 28.3.